The Morgan fingerprint density at radius 2 is 1.77 bits per heavy atom. The van der Waals surface area contributed by atoms with Gasteiger partial charge in [0.15, 0.2) is 11.9 Å². The first-order valence-electron chi connectivity index (χ1n) is 9.59. The molecule has 1 N–H and O–H groups in total. The van der Waals surface area contributed by atoms with E-state index < -0.39 is 6.10 Å². The zero-order valence-electron chi connectivity index (χ0n) is 16.7. The molecule has 0 aliphatic carbocycles. The van der Waals surface area contributed by atoms with E-state index >= 15 is 0 Å². The van der Waals surface area contributed by atoms with E-state index in [-0.39, 0.29) is 11.7 Å². The molecule has 0 spiro atoms. The van der Waals surface area contributed by atoms with Crippen LogP contribution in [0.5, 0.6) is 5.75 Å². The number of thioether (sulfide) groups is 1. The number of anilines is 1. The summed E-state index contributed by atoms with van der Waals surface area (Å²) in [5.74, 6) is 0.444. The third kappa shape index (κ3) is 4.16. The zero-order valence-corrected chi connectivity index (χ0v) is 17.5. The summed E-state index contributed by atoms with van der Waals surface area (Å²) in [7, 11) is 0. The quantitative estimate of drug-likeness (QED) is 0.434. The maximum Gasteiger partial charge on any atom is 0.221 e. The first kappa shape index (κ1) is 20.0. The van der Waals surface area contributed by atoms with Crippen LogP contribution in [-0.2, 0) is 4.79 Å². The van der Waals surface area contributed by atoms with E-state index in [1.165, 1.54) is 6.92 Å². The van der Waals surface area contributed by atoms with Gasteiger partial charge in [0, 0.05) is 23.1 Å². The van der Waals surface area contributed by atoms with Crippen LogP contribution >= 0.6 is 11.8 Å². The molecule has 1 heterocycles. The highest BCUT2D eigenvalue weighted by Crippen LogP contribution is 2.40. The van der Waals surface area contributed by atoms with E-state index in [9.17, 15) is 9.59 Å². The smallest absolute Gasteiger partial charge is 0.221 e. The van der Waals surface area contributed by atoms with E-state index in [4.69, 9.17) is 4.74 Å². The highest BCUT2D eigenvalue weighted by atomic mass is 32.2. The van der Waals surface area contributed by atoms with E-state index in [2.05, 4.69) is 5.32 Å². The van der Waals surface area contributed by atoms with Crippen molar-refractivity contribution in [3.05, 3.63) is 95.1 Å². The second-order valence-electron chi connectivity index (χ2n) is 7.00. The maximum absolute atomic E-state index is 13.5. The van der Waals surface area contributed by atoms with Crippen LogP contribution in [0.2, 0.25) is 0 Å². The first-order chi connectivity index (χ1) is 14.5. The van der Waals surface area contributed by atoms with Gasteiger partial charge >= 0.3 is 0 Å². The second-order valence-corrected chi connectivity index (χ2v) is 7.88. The number of fused-ring (bicyclic) bond motifs is 1. The van der Waals surface area contributed by atoms with Crippen LogP contribution in [0.4, 0.5) is 5.69 Å². The maximum atomic E-state index is 13.5. The first-order valence-corrected chi connectivity index (χ1v) is 10.8. The van der Waals surface area contributed by atoms with Crippen molar-refractivity contribution < 1.29 is 14.3 Å². The molecule has 1 atom stereocenters. The number of hydrogen-bond acceptors (Lipinski definition) is 4. The van der Waals surface area contributed by atoms with Crippen molar-refractivity contribution in [1.82, 2.24) is 0 Å². The fraction of sp³-hybridized carbons (Fsp3) is 0.120. The highest BCUT2D eigenvalue weighted by molar-refractivity contribution is 7.98. The SMILES string of the molecule is CSc1ccc2c(c1)C(=O)/C(=C/c1ccc(NC(C)=O)cc1)C(c1ccccc1)O2. The molecule has 1 aliphatic rings. The number of carbonyl (C=O) groups is 2. The van der Waals surface area contributed by atoms with Crippen molar-refractivity contribution in [2.45, 2.75) is 17.9 Å². The van der Waals surface area contributed by atoms with E-state index in [0.29, 0.717) is 22.6 Å². The van der Waals surface area contributed by atoms with Gasteiger partial charge in [-0.25, -0.2) is 0 Å². The molecule has 0 fully saturated rings. The molecule has 4 nitrogen and oxygen atoms in total. The van der Waals surface area contributed by atoms with Gasteiger partial charge in [0.25, 0.3) is 0 Å². The van der Waals surface area contributed by atoms with Gasteiger partial charge in [-0.3, -0.25) is 9.59 Å². The van der Waals surface area contributed by atoms with Crippen molar-refractivity contribution in [2.75, 3.05) is 11.6 Å². The molecule has 0 aromatic heterocycles. The molecule has 3 aromatic rings. The highest BCUT2D eigenvalue weighted by Gasteiger charge is 2.33. The largest absolute Gasteiger partial charge is 0.480 e. The minimum Gasteiger partial charge on any atom is -0.480 e. The average molecular weight is 416 g/mol. The lowest BCUT2D eigenvalue weighted by Gasteiger charge is -2.28. The van der Waals surface area contributed by atoms with Crippen molar-refractivity contribution >= 4 is 35.2 Å². The van der Waals surface area contributed by atoms with Crippen molar-refractivity contribution in [3.8, 4) is 5.75 Å². The standard InChI is InChI=1S/C25H21NO3S/c1-16(27)26-19-10-8-17(9-11-19)14-22-24(28)21-15-20(30-2)12-13-23(21)29-25(22)18-6-4-3-5-7-18/h3-15,25H,1-2H3,(H,26,27)/b22-14-. The summed E-state index contributed by atoms with van der Waals surface area (Å²) in [5, 5.41) is 2.75. The Morgan fingerprint density at radius 1 is 1.03 bits per heavy atom. The number of nitrogens with one attached hydrogen (secondary N) is 1. The van der Waals surface area contributed by atoms with Gasteiger partial charge in [-0.2, -0.15) is 0 Å². The van der Waals surface area contributed by atoms with Gasteiger partial charge in [-0.15, -0.1) is 11.8 Å². The third-order valence-corrected chi connectivity index (χ3v) is 5.60. The molecule has 0 radical (unpaired) electrons. The molecule has 30 heavy (non-hydrogen) atoms. The molecule has 0 bridgehead atoms. The Balaban J connectivity index is 1.77. The Morgan fingerprint density at radius 3 is 2.43 bits per heavy atom. The van der Waals surface area contributed by atoms with Crippen LogP contribution in [0.3, 0.4) is 0 Å². The molecule has 1 amide bonds. The summed E-state index contributed by atoms with van der Waals surface area (Å²) in [6.45, 7) is 1.47. The zero-order chi connectivity index (χ0) is 21.1. The van der Waals surface area contributed by atoms with Crippen LogP contribution in [0, 0.1) is 0 Å². The number of ether oxygens (including phenoxy) is 1. The molecular formula is C25H21NO3S. The predicted molar refractivity (Wildman–Crippen MR) is 121 cm³/mol. The van der Waals surface area contributed by atoms with Gasteiger partial charge in [-0.1, -0.05) is 42.5 Å². The minimum atomic E-state index is -0.485. The van der Waals surface area contributed by atoms with E-state index in [1.807, 2.05) is 85.1 Å². The summed E-state index contributed by atoms with van der Waals surface area (Å²) in [6.07, 6.45) is 3.36. The lowest BCUT2D eigenvalue weighted by Crippen LogP contribution is -2.23. The Bertz CT molecular complexity index is 1120. The number of Topliss-reactive ketones (excluding diaryl/α,β-unsaturated/α-hetero) is 1. The van der Waals surface area contributed by atoms with Gasteiger partial charge < -0.3 is 10.1 Å². The number of hydrogen-bond donors (Lipinski definition) is 1. The van der Waals surface area contributed by atoms with E-state index in [0.717, 1.165) is 16.0 Å². The van der Waals surface area contributed by atoms with Crippen LogP contribution in [0.1, 0.15) is 34.5 Å². The average Bonchev–Trinajstić information content (AvgIpc) is 2.77. The summed E-state index contributed by atoms with van der Waals surface area (Å²) in [5.41, 5.74) is 3.66. The summed E-state index contributed by atoms with van der Waals surface area (Å²) >= 11 is 1.59. The second kappa shape index (κ2) is 8.59. The number of rotatable bonds is 4. The normalized spacial score (nSPS) is 16.7. The Hall–Kier alpha value is -3.31. The van der Waals surface area contributed by atoms with Crippen LogP contribution in [-0.4, -0.2) is 17.9 Å². The number of amides is 1. The predicted octanol–water partition coefficient (Wildman–Crippen LogP) is 5.77. The van der Waals surface area contributed by atoms with Crippen LogP contribution < -0.4 is 10.1 Å². The Labute approximate surface area is 180 Å². The van der Waals surface area contributed by atoms with Crippen molar-refractivity contribution in [2.24, 2.45) is 0 Å². The lowest BCUT2D eigenvalue weighted by molar-refractivity contribution is -0.114. The van der Waals surface area contributed by atoms with Crippen molar-refractivity contribution in [3.63, 3.8) is 0 Å². The van der Waals surface area contributed by atoms with Gasteiger partial charge in [0.05, 0.1) is 5.56 Å². The summed E-state index contributed by atoms with van der Waals surface area (Å²) in [4.78, 5) is 25.7. The van der Waals surface area contributed by atoms with Gasteiger partial charge in [-0.05, 0) is 53.8 Å². The molecule has 3 aromatic carbocycles. The lowest BCUT2D eigenvalue weighted by atomic mass is 9.89. The molecule has 4 rings (SSSR count). The van der Waals surface area contributed by atoms with Crippen LogP contribution in [0.25, 0.3) is 6.08 Å². The van der Waals surface area contributed by atoms with E-state index in [1.54, 1.807) is 11.8 Å². The molecule has 0 saturated heterocycles. The topological polar surface area (TPSA) is 55.4 Å². The number of benzene rings is 3. The fourth-order valence-corrected chi connectivity index (χ4v) is 3.88. The van der Waals surface area contributed by atoms with Crippen LogP contribution in [0.15, 0.2) is 83.3 Å². The monoisotopic (exact) mass is 415 g/mol. The molecule has 0 saturated carbocycles. The molecule has 1 unspecified atom stereocenters. The van der Waals surface area contributed by atoms with Gasteiger partial charge in [0.1, 0.15) is 5.75 Å². The molecule has 1 aliphatic heterocycles. The summed E-state index contributed by atoms with van der Waals surface area (Å²) < 4.78 is 6.29. The third-order valence-electron chi connectivity index (χ3n) is 4.88. The van der Waals surface area contributed by atoms with Gasteiger partial charge in [0.2, 0.25) is 5.91 Å². The molecule has 150 valence electrons. The molecular weight excluding hydrogens is 394 g/mol. The number of ketones is 1. The minimum absolute atomic E-state index is 0.0352. The Kier molecular flexibility index (Phi) is 5.72. The summed E-state index contributed by atoms with van der Waals surface area (Å²) in [6, 6.07) is 22.9. The number of carbonyl (C=O) groups excluding carboxylic acids is 2. The fourth-order valence-electron chi connectivity index (χ4n) is 3.44. The molecule has 5 heteroatoms. The van der Waals surface area contributed by atoms with Crippen molar-refractivity contribution in [1.29, 1.82) is 0 Å².